The van der Waals surface area contributed by atoms with E-state index in [0.717, 1.165) is 25.0 Å². The van der Waals surface area contributed by atoms with Gasteiger partial charge in [-0.05, 0) is 42.7 Å². The maximum absolute atomic E-state index is 12.6. The lowest BCUT2D eigenvalue weighted by Gasteiger charge is -2.21. The smallest absolute Gasteiger partial charge is 0.329 e. The highest BCUT2D eigenvalue weighted by Crippen LogP contribution is 2.30. The number of aromatic nitrogens is 2. The Balaban J connectivity index is 1.70. The minimum atomic E-state index is -4.36. The number of hydrogen-bond donors (Lipinski definition) is 0. The van der Waals surface area contributed by atoms with E-state index in [1.54, 1.807) is 23.4 Å². The third-order valence-corrected chi connectivity index (χ3v) is 4.08. The molecule has 1 amide bonds. The van der Waals surface area contributed by atoms with Crippen molar-refractivity contribution in [3.8, 4) is 0 Å². The highest BCUT2D eigenvalue weighted by molar-refractivity contribution is 5.92. The Morgan fingerprint density at radius 1 is 1.16 bits per heavy atom. The van der Waals surface area contributed by atoms with Gasteiger partial charge in [-0.1, -0.05) is 12.1 Å². The first kappa shape index (κ1) is 17.1. The Morgan fingerprint density at radius 2 is 1.84 bits per heavy atom. The Kier molecular flexibility index (Phi) is 4.83. The standard InChI is InChI=1S/C18H16F3N3O/c19-18(20,21)14-7-4-13(5-8-14)6-9-16(25)24-12-1-3-15(24)17-22-10-2-11-23-17/h2,4-11,15H,1,3,12H2/b9-6+. The van der Waals surface area contributed by atoms with Crippen LogP contribution in [-0.2, 0) is 11.0 Å². The summed E-state index contributed by atoms with van der Waals surface area (Å²) in [5.74, 6) is 0.408. The third-order valence-electron chi connectivity index (χ3n) is 4.08. The maximum atomic E-state index is 12.6. The minimum absolute atomic E-state index is 0.161. The summed E-state index contributed by atoms with van der Waals surface area (Å²) in [6.07, 6.45) is 3.47. The first-order valence-electron chi connectivity index (χ1n) is 7.88. The topological polar surface area (TPSA) is 46.1 Å². The average molecular weight is 347 g/mol. The van der Waals surface area contributed by atoms with E-state index in [0.29, 0.717) is 17.9 Å². The molecule has 25 heavy (non-hydrogen) atoms. The Morgan fingerprint density at radius 3 is 2.48 bits per heavy atom. The summed E-state index contributed by atoms with van der Waals surface area (Å²) in [5.41, 5.74) is -0.176. The lowest BCUT2D eigenvalue weighted by molar-refractivity contribution is -0.137. The van der Waals surface area contributed by atoms with Gasteiger partial charge in [0.2, 0.25) is 5.91 Å². The number of hydrogen-bond acceptors (Lipinski definition) is 3. The second-order valence-electron chi connectivity index (χ2n) is 5.75. The number of alkyl halides is 3. The van der Waals surface area contributed by atoms with Gasteiger partial charge in [0, 0.05) is 25.0 Å². The lowest BCUT2D eigenvalue weighted by Crippen LogP contribution is -2.29. The number of halogens is 3. The number of rotatable bonds is 3. The van der Waals surface area contributed by atoms with E-state index in [1.165, 1.54) is 24.3 Å². The van der Waals surface area contributed by atoms with Crippen LogP contribution in [0.4, 0.5) is 13.2 Å². The molecule has 0 aliphatic carbocycles. The predicted molar refractivity (Wildman–Crippen MR) is 86.2 cm³/mol. The van der Waals surface area contributed by atoms with Gasteiger partial charge in [-0.3, -0.25) is 4.79 Å². The molecule has 0 N–H and O–H groups in total. The summed E-state index contributed by atoms with van der Waals surface area (Å²) in [4.78, 5) is 22.5. The van der Waals surface area contributed by atoms with E-state index in [-0.39, 0.29) is 11.9 Å². The van der Waals surface area contributed by atoms with Crippen LogP contribution in [0.15, 0.2) is 48.8 Å². The summed E-state index contributed by atoms with van der Waals surface area (Å²) in [7, 11) is 0. The molecule has 4 nitrogen and oxygen atoms in total. The van der Waals surface area contributed by atoms with Crippen LogP contribution in [0.2, 0.25) is 0 Å². The van der Waals surface area contributed by atoms with Gasteiger partial charge < -0.3 is 4.90 Å². The first-order valence-corrected chi connectivity index (χ1v) is 7.88. The molecule has 130 valence electrons. The molecule has 0 radical (unpaired) electrons. The maximum Gasteiger partial charge on any atom is 0.416 e. The molecule has 2 heterocycles. The van der Waals surface area contributed by atoms with Gasteiger partial charge >= 0.3 is 6.18 Å². The molecule has 1 aromatic carbocycles. The number of likely N-dealkylation sites (tertiary alicyclic amines) is 1. The monoisotopic (exact) mass is 347 g/mol. The minimum Gasteiger partial charge on any atom is -0.329 e. The molecule has 1 atom stereocenters. The number of amides is 1. The van der Waals surface area contributed by atoms with Gasteiger partial charge in [-0.2, -0.15) is 13.2 Å². The van der Waals surface area contributed by atoms with Crippen molar-refractivity contribution >= 4 is 12.0 Å². The Hall–Kier alpha value is -2.70. The van der Waals surface area contributed by atoms with Crippen molar-refractivity contribution in [2.24, 2.45) is 0 Å². The fourth-order valence-electron chi connectivity index (χ4n) is 2.83. The van der Waals surface area contributed by atoms with Crippen LogP contribution in [0.3, 0.4) is 0 Å². The van der Waals surface area contributed by atoms with E-state index in [9.17, 15) is 18.0 Å². The van der Waals surface area contributed by atoms with Crippen LogP contribution in [0, 0.1) is 0 Å². The summed E-state index contributed by atoms with van der Waals surface area (Å²) in [6.45, 7) is 0.610. The molecule has 0 bridgehead atoms. The van der Waals surface area contributed by atoms with E-state index in [2.05, 4.69) is 9.97 Å². The van der Waals surface area contributed by atoms with E-state index in [1.807, 2.05) is 0 Å². The summed E-state index contributed by atoms with van der Waals surface area (Å²) in [6, 6.07) is 6.24. The van der Waals surface area contributed by atoms with Crippen molar-refractivity contribution in [2.75, 3.05) is 6.54 Å². The summed E-state index contributed by atoms with van der Waals surface area (Å²) in [5, 5.41) is 0. The zero-order valence-electron chi connectivity index (χ0n) is 13.3. The van der Waals surface area contributed by atoms with Crippen molar-refractivity contribution in [3.63, 3.8) is 0 Å². The molecule has 0 saturated carbocycles. The van der Waals surface area contributed by atoms with Crippen molar-refractivity contribution in [1.29, 1.82) is 0 Å². The predicted octanol–water partition coefficient (Wildman–Crippen LogP) is 3.87. The van der Waals surface area contributed by atoms with Gasteiger partial charge in [0.05, 0.1) is 11.6 Å². The molecule has 1 aliphatic rings. The second-order valence-corrected chi connectivity index (χ2v) is 5.75. The normalized spacial score (nSPS) is 18.0. The molecule has 1 aromatic heterocycles. The largest absolute Gasteiger partial charge is 0.416 e. The van der Waals surface area contributed by atoms with Crippen molar-refractivity contribution < 1.29 is 18.0 Å². The van der Waals surface area contributed by atoms with Crippen LogP contribution in [0.25, 0.3) is 6.08 Å². The fourth-order valence-corrected chi connectivity index (χ4v) is 2.83. The molecular weight excluding hydrogens is 331 g/mol. The summed E-state index contributed by atoms with van der Waals surface area (Å²) < 4.78 is 37.7. The molecule has 1 unspecified atom stereocenters. The Bertz CT molecular complexity index is 757. The van der Waals surface area contributed by atoms with Crippen LogP contribution >= 0.6 is 0 Å². The second kappa shape index (κ2) is 7.04. The lowest BCUT2D eigenvalue weighted by atomic mass is 10.1. The number of carbonyl (C=O) groups is 1. The molecular formula is C18H16F3N3O. The molecule has 2 aromatic rings. The average Bonchev–Trinajstić information content (AvgIpc) is 3.10. The SMILES string of the molecule is O=C(/C=C/c1ccc(C(F)(F)F)cc1)N1CCCC1c1ncccn1. The zero-order valence-corrected chi connectivity index (χ0v) is 13.3. The van der Waals surface area contributed by atoms with Crippen LogP contribution in [0.1, 0.15) is 35.8 Å². The molecule has 0 spiro atoms. The van der Waals surface area contributed by atoms with Gasteiger partial charge in [-0.25, -0.2) is 9.97 Å². The van der Waals surface area contributed by atoms with Gasteiger partial charge in [-0.15, -0.1) is 0 Å². The highest BCUT2D eigenvalue weighted by atomic mass is 19.4. The highest BCUT2D eigenvalue weighted by Gasteiger charge is 2.31. The molecule has 1 saturated heterocycles. The third kappa shape index (κ3) is 4.04. The summed E-state index contributed by atoms with van der Waals surface area (Å²) >= 11 is 0. The van der Waals surface area contributed by atoms with Gasteiger partial charge in [0.1, 0.15) is 0 Å². The Labute approximate surface area is 143 Å². The van der Waals surface area contributed by atoms with Crippen molar-refractivity contribution in [3.05, 3.63) is 65.8 Å². The molecule has 1 fully saturated rings. The first-order chi connectivity index (χ1) is 11.9. The zero-order chi connectivity index (χ0) is 17.9. The number of nitrogens with zero attached hydrogens (tertiary/aromatic N) is 3. The quantitative estimate of drug-likeness (QED) is 0.792. The fraction of sp³-hybridized carbons (Fsp3) is 0.278. The van der Waals surface area contributed by atoms with E-state index >= 15 is 0 Å². The van der Waals surface area contributed by atoms with E-state index in [4.69, 9.17) is 0 Å². The van der Waals surface area contributed by atoms with Crippen molar-refractivity contribution in [2.45, 2.75) is 25.1 Å². The van der Waals surface area contributed by atoms with Crippen LogP contribution in [-0.4, -0.2) is 27.3 Å². The molecule has 3 rings (SSSR count). The number of benzene rings is 1. The molecule has 1 aliphatic heterocycles. The molecule has 7 heteroatoms. The van der Waals surface area contributed by atoms with Crippen LogP contribution < -0.4 is 0 Å². The van der Waals surface area contributed by atoms with Gasteiger partial charge in [0.25, 0.3) is 0 Å². The van der Waals surface area contributed by atoms with Gasteiger partial charge in [0.15, 0.2) is 5.82 Å². The van der Waals surface area contributed by atoms with E-state index < -0.39 is 11.7 Å². The van der Waals surface area contributed by atoms with Crippen molar-refractivity contribution in [1.82, 2.24) is 14.9 Å². The van der Waals surface area contributed by atoms with Crippen LogP contribution in [0.5, 0.6) is 0 Å². The number of carbonyl (C=O) groups excluding carboxylic acids is 1.